The van der Waals surface area contributed by atoms with Crippen LogP contribution in [0, 0.1) is 6.92 Å². The van der Waals surface area contributed by atoms with Gasteiger partial charge in [0.2, 0.25) is 0 Å². The highest BCUT2D eigenvalue weighted by molar-refractivity contribution is 6.52. The number of carbonyl (C=O) groups is 2. The number of halogens is 2. The van der Waals surface area contributed by atoms with Crippen molar-refractivity contribution in [3.8, 4) is 11.5 Å². The van der Waals surface area contributed by atoms with Gasteiger partial charge in [-0.25, -0.2) is 0 Å². The molecule has 4 rings (SSSR count). The van der Waals surface area contributed by atoms with Crippen LogP contribution in [0.3, 0.4) is 0 Å². The molecule has 1 N–H and O–H groups in total. The van der Waals surface area contributed by atoms with Crippen molar-refractivity contribution in [3.05, 3.63) is 92.5 Å². The lowest BCUT2D eigenvalue weighted by molar-refractivity contribution is -0.132. The lowest BCUT2D eigenvalue weighted by Gasteiger charge is -2.27. The summed E-state index contributed by atoms with van der Waals surface area (Å²) in [6.45, 7) is 8.15. The van der Waals surface area contributed by atoms with Crippen LogP contribution in [0.4, 0.5) is 5.69 Å². The second-order valence-corrected chi connectivity index (χ2v) is 11.0. The molecule has 1 heterocycles. The fraction of sp³-hybridized carbons (Fsp3) is 0.267. The van der Waals surface area contributed by atoms with E-state index < -0.39 is 23.5 Å². The average Bonchev–Trinajstić information content (AvgIpc) is 3.14. The first kappa shape index (κ1) is 27.6. The zero-order valence-corrected chi connectivity index (χ0v) is 23.6. The summed E-state index contributed by atoms with van der Waals surface area (Å²) in [6.07, 6.45) is 0. The Kier molecular flexibility index (Phi) is 7.51. The first-order valence-corrected chi connectivity index (χ1v) is 12.7. The molecule has 1 aliphatic rings. The molecule has 0 saturated carbocycles. The molecule has 3 aromatic rings. The largest absolute Gasteiger partial charge is 0.507 e. The van der Waals surface area contributed by atoms with E-state index in [1.54, 1.807) is 18.2 Å². The Balaban J connectivity index is 2.00. The van der Waals surface area contributed by atoms with E-state index in [-0.39, 0.29) is 33.1 Å². The van der Waals surface area contributed by atoms with Crippen molar-refractivity contribution in [1.29, 1.82) is 0 Å². The van der Waals surface area contributed by atoms with Crippen molar-refractivity contribution >= 4 is 46.3 Å². The zero-order valence-electron chi connectivity index (χ0n) is 22.1. The minimum Gasteiger partial charge on any atom is -0.507 e. The van der Waals surface area contributed by atoms with E-state index in [1.165, 1.54) is 31.3 Å². The Labute approximate surface area is 232 Å². The van der Waals surface area contributed by atoms with Gasteiger partial charge in [-0.3, -0.25) is 14.5 Å². The maximum absolute atomic E-state index is 13.5. The predicted octanol–water partition coefficient (Wildman–Crippen LogP) is 7.24. The van der Waals surface area contributed by atoms with Gasteiger partial charge in [0.1, 0.15) is 17.3 Å². The maximum Gasteiger partial charge on any atom is 0.300 e. The molecular weight excluding hydrogens is 525 g/mol. The minimum absolute atomic E-state index is 0.0853. The number of carbonyl (C=O) groups excluding carboxylic acids is 2. The summed E-state index contributed by atoms with van der Waals surface area (Å²) in [6, 6.07) is 14.9. The van der Waals surface area contributed by atoms with Gasteiger partial charge >= 0.3 is 0 Å². The molecule has 1 aliphatic heterocycles. The summed E-state index contributed by atoms with van der Waals surface area (Å²) in [5.41, 5.74) is 2.99. The van der Waals surface area contributed by atoms with E-state index in [0.29, 0.717) is 16.3 Å². The number of aliphatic hydroxyl groups is 1. The van der Waals surface area contributed by atoms with E-state index in [1.807, 2.05) is 31.2 Å². The van der Waals surface area contributed by atoms with Crippen molar-refractivity contribution in [1.82, 2.24) is 0 Å². The van der Waals surface area contributed by atoms with Gasteiger partial charge in [-0.1, -0.05) is 74.3 Å². The molecule has 0 bridgehead atoms. The van der Waals surface area contributed by atoms with E-state index in [2.05, 4.69) is 20.8 Å². The summed E-state index contributed by atoms with van der Waals surface area (Å²) in [4.78, 5) is 28.4. The van der Waals surface area contributed by atoms with Gasteiger partial charge in [-0.15, -0.1) is 0 Å². The number of hydrogen-bond donors (Lipinski definition) is 1. The van der Waals surface area contributed by atoms with E-state index in [0.717, 1.165) is 11.1 Å². The molecule has 1 unspecified atom stereocenters. The van der Waals surface area contributed by atoms with Crippen molar-refractivity contribution in [2.75, 3.05) is 19.1 Å². The molecule has 38 heavy (non-hydrogen) atoms. The number of nitrogens with zero attached hydrogens (tertiary/aromatic N) is 1. The molecule has 3 aromatic carbocycles. The normalized spacial score (nSPS) is 17.2. The number of Topliss-reactive ketones (excluding diaryl/α,β-unsaturated/α-hetero) is 1. The Hall–Kier alpha value is -3.48. The SMILES string of the molecule is COc1cc(/C(O)=C2\C(=O)C(=O)N(c3ccc(C)c(Cl)c3)C2c2ccc(C(C)(C)C)cc2)c(OC)cc1Cl. The quantitative estimate of drug-likeness (QED) is 0.204. The predicted molar refractivity (Wildman–Crippen MR) is 151 cm³/mol. The van der Waals surface area contributed by atoms with Crippen LogP contribution in [-0.4, -0.2) is 31.0 Å². The van der Waals surface area contributed by atoms with Gasteiger partial charge in [0, 0.05) is 16.8 Å². The molecule has 0 aromatic heterocycles. The molecule has 1 atom stereocenters. The van der Waals surface area contributed by atoms with Crippen molar-refractivity contribution in [2.45, 2.75) is 39.2 Å². The summed E-state index contributed by atoms with van der Waals surface area (Å²) >= 11 is 12.7. The van der Waals surface area contributed by atoms with Crippen LogP contribution < -0.4 is 14.4 Å². The van der Waals surface area contributed by atoms with E-state index >= 15 is 0 Å². The summed E-state index contributed by atoms with van der Waals surface area (Å²) in [5, 5.41) is 12.3. The third kappa shape index (κ3) is 4.86. The van der Waals surface area contributed by atoms with Gasteiger partial charge in [-0.05, 0) is 47.2 Å². The maximum atomic E-state index is 13.5. The van der Waals surface area contributed by atoms with E-state index in [4.69, 9.17) is 32.7 Å². The Morgan fingerprint density at radius 1 is 0.895 bits per heavy atom. The second kappa shape index (κ2) is 10.4. The number of benzene rings is 3. The van der Waals surface area contributed by atoms with Crippen LogP contribution >= 0.6 is 23.2 Å². The fourth-order valence-corrected chi connectivity index (χ4v) is 4.91. The van der Waals surface area contributed by atoms with Gasteiger partial charge in [0.05, 0.1) is 36.4 Å². The first-order valence-electron chi connectivity index (χ1n) is 12.0. The van der Waals surface area contributed by atoms with E-state index in [9.17, 15) is 14.7 Å². The third-order valence-electron chi connectivity index (χ3n) is 6.70. The molecule has 1 fully saturated rings. The topological polar surface area (TPSA) is 76.1 Å². The first-order chi connectivity index (χ1) is 17.9. The number of rotatable bonds is 5. The smallest absolute Gasteiger partial charge is 0.300 e. The number of aliphatic hydroxyl groups excluding tert-OH is 1. The molecule has 6 nitrogen and oxygen atoms in total. The molecule has 1 saturated heterocycles. The number of ether oxygens (including phenoxy) is 2. The number of hydrogen-bond acceptors (Lipinski definition) is 5. The second-order valence-electron chi connectivity index (χ2n) is 10.2. The summed E-state index contributed by atoms with van der Waals surface area (Å²) in [5.74, 6) is -1.52. The van der Waals surface area contributed by atoms with Crippen LogP contribution in [0.2, 0.25) is 10.0 Å². The lowest BCUT2D eigenvalue weighted by atomic mass is 9.85. The Morgan fingerprint density at radius 3 is 2.08 bits per heavy atom. The standard InChI is InChI=1S/C30H29Cl2NO5/c1-16-7-12-19(13-21(16)31)33-26(17-8-10-18(11-9-17)30(2,3)4)25(28(35)29(33)36)27(34)20-14-24(38-6)22(32)15-23(20)37-5/h7-15,26,34H,1-6H3/b27-25+. The van der Waals surface area contributed by atoms with Crippen LogP contribution in [0.1, 0.15) is 49.1 Å². The number of methoxy groups -OCH3 is 2. The van der Waals surface area contributed by atoms with Crippen LogP contribution in [0.25, 0.3) is 5.76 Å². The number of anilines is 1. The Bertz CT molecular complexity index is 1450. The Morgan fingerprint density at radius 2 is 1.53 bits per heavy atom. The van der Waals surface area contributed by atoms with Gasteiger partial charge in [-0.2, -0.15) is 0 Å². The molecule has 1 amide bonds. The highest BCUT2D eigenvalue weighted by Crippen LogP contribution is 2.45. The molecule has 0 aliphatic carbocycles. The van der Waals surface area contributed by atoms with Gasteiger partial charge in [0.25, 0.3) is 11.7 Å². The van der Waals surface area contributed by atoms with Gasteiger partial charge < -0.3 is 14.6 Å². The zero-order chi connectivity index (χ0) is 27.9. The summed E-state index contributed by atoms with van der Waals surface area (Å²) < 4.78 is 10.8. The van der Waals surface area contributed by atoms with Crippen molar-refractivity contribution in [3.63, 3.8) is 0 Å². The lowest BCUT2D eigenvalue weighted by Crippen LogP contribution is -2.29. The van der Waals surface area contributed by atoms with Crippen molar-refractivity contribution < 1.29 is 24.2 Å². The average molecular weight is 554 g/mol. The number of ketones is 1. The minimum atomic E-state index is -0.922. The van der Waals surface area contributed by atoms with Crippen molar-refractivity contribution in [2.24, 2.45) is 0 Å². The third-order valence-corrected chi connectivity index (χ3v) is 7.40. The fourth-order valence-electron chi connectivity index (χ4n) is 4.50. The highest BCUT2D eigenvalue weighted by Gasteiger charge is 2.47. The van der Waals surface area contributed by atoms with Gasteiger partial charge in [0.15, 0.2) is 0 Å². The molecular formula is C30H29Cl2NO5. The molecule has 8 heteroatoms. The van der Waals surface area contributed by atoms with Crippen LogP contribution in [-0.2, 0) is 15.0 Å². The summed E-state index contributed by atoms with van der Waals surface area (Å²) in [7, 11) is 2.86. The monoisotopic (exact) mass is 553 g/mol. The van der Waals surface area contributed by atoms with Crippen LogP contribution in [0.15, 0.2) is 60.2 Å². The number of aryl methyl sites for hydroxylation is 1. The highest BCUT2D eigenvalue weighted by atomic mass is 35.5. The molecule has 0 spiro atoms. The molecule has 0 radical (unpaired) electrons. The number of amides is 1. The molecule has 198 valence electrons. The van der Waals surface area contributed by atoms with Crippen LogP contribution in [0.5, 0.6) is 11.5 Å².